The van der Waals surface area contributed by atoms with Crippen molar-refractivity contribution in [2.24, 2.45) is 0 Å². The standard InChI is InChI=1S/C18H29Cl3O2/c1-2-3-4-5-6-7-8-9-10-11-12-13-14-15-17(22)23-16-18(19,20)21/h12-15H,2-11,16H2,1H3/b13-12+,15-14+. The van der Waals surface area contributed by atoms with Crippen LogP contribution >= 0.6 is 34.8 Å². The number of alkyl halides is 3. The van der Waals surface area contributed by atoms with Crippen LogP contribution in [-0.4, -0.2) is 16.4 Å². The number of carbonyl (C=O) groups excluding carboxylic acids is 1. The van der Waals surface area contributed by atoms with Gasteiger partial charge in [0.1, 0.15) is 6.61 Å². The summed E-state index contributed by atoms with van der Waals surface area (Å²) in [7, 11) is 0. The number of allylic oxidation sites excluding steroid dienone is 3. The van der Waals surface area contributed by atoms with Gasteiger partial charge in [0.15, 0.2) is 0 Å². The molecule has 0 aromatic heterocycles. The molecule has 0 amide bonds. The zero-order chi connectivity index (χ0) is 17.4. The third kappa shape index (κ3) is 19.8. The minimum Gasteiger partial charge on any atom is -0.458 e. The fourth-order valence-electron chi connectivity index (χ4n) is 2.08. The van der Waals surface area contributed by atoms with E-state index in [1.807, 2.05) is 6.08 Å². The predicted octanol–water partition coefficient (Wildman–Crippen LogP) is 6.93. The molecule has 5 heteroatoms. The van der Waals surface area contributed by atoms with Gasteiger partial charge >= 0.3 is 5.97 Å². The third-order valence-corrected chi connectivity index (χ3v) is 3.66. The average molecular weight is 384 g/mol. The molecule has 0 bridgehead atoms. The lowest BCUT2D eigenvalue weighted by atomic mass is 10.1. The van der Waals surface area contributed by atoms with Crippen molar-refractivity contribution < 1.29 is 9.53 Å². The Hall–Kier alpha value is -0.180. The number of hydrogen-bond acceptors (Lipinski definition) is 2. The van der Waals surface area contributed by atoms with E-state index in [-0.39, 0.29) is 6.61 Å². The Morgan fingerprint density at radius 1 is 0.913 bits per heavy atom. The molecule has 0 aliphatic rings. The zero-order valence-corrected chi connectivity index (χ0v) is 16.3. The Morgan fingerprint density at radius 2 is 1.48 bits per heavy atom. The molecule has 0 rings (SSSR count). The summed E-state index contributed by atoms with van der Waals surface area (Å²) < 4.78 is 3.20. The van der Waals surface area contributed by atoms with Crippen LogP contribution in [-0.2, 0) is 9.53 Å². The van der Waals surface area contributed by atoms with E-state index in [2.05, 4.69) is 13.0 Å². The zero-order valence-electron chi connectivity index (χ0n) is 14.0. The van der Waals surface area contributed by atoms with Crippen molar-refractivity contribution in [2.75, 3.05) is 6.61 Å². The first kappa shape index (κ1) is 22.8. The molecule has 134 valence electrons. The number of esters is 1. The molecule has 0 radical (unpaired) electrons. The number of ether oxygens (including phenoxy) is 1. The van der Waals surface area contributed by atoms with Crippen LogP contribution in [0.25, 0.3) is 0 Å². The van der Waals surface area contributed by atoms with Crippen LogP contribution in [0.5, 0.6) is 0 Å². The number of hydrogen-bond donors (Lipinski definition) is 0. The monoisotopic (exact) mass is 382 g/mol. The van der Waals surface area contributed by atoms with Gasteiger partial charge in [-0.05, 0) is 12.8 Å². The Morgan fingerprint density at radius 3 is 2.04 bits per heavy atom. The van der Waals surface area contributed by atoms with Crippen molar-refractivity contribution in [3.8, 4) is 0 Å². The minimum atomic E-state index is -1.56. The van der Waals surface area contributed by atoms with Gasteiger partial charge in [0.2, 0.25) is 3.79 Å². The lowest BCUT2D eigenvalue weighted by Crippen LogP contribution is -2.15. The summed E-state index contributed by atoms with van der Waals surface area (Å²) in [6, 6.07) is 0. The molecule has 0 spiro atoms. The second-order valence-electron chi connectivity index (χ2n) is 5.63. The average Bonchev–Trinajstić information content (AvgIpc) is 2.49. The van der Waals surface area contributed by atoms with E-state index in [0.29, 0.717) is 0 Å². The maximum atomic E-state index is 11.3. The highest BCUT2D eigenvalue weighted by atomic mass is 35.6. The van der Waals surface area contributed by atoms with Gasteiger partial charge in [-0.1, -0.05) is 111 Å². The first-order chi connectivity index (χ1) is 11.0. The molecule has 0 unspecified atom stereocenters. The Bertz CT molecular complexity index is 347. The van der Waals surface area contributed by atoms with E-state index in [9.17, 15) is 4.79 Å². The van der Waals surface area contributed by atoms with Crippen LogP contribution in [0.15, 0.2) is 24.3 Å². The summed E-state index contributed by atoms with van der Waals surface area (Å²) in [6.45, 7) is 2.00. The number of rotatable bonds is 13. The van der Waals surface area contributed by atoms with Gasteiger partial charge in [-0.15, -0.1) is 0 Å². The maximum Gasteiger partial charge on any atom is 0.330 e. The van der Waals surface area contributed by atoms with E-state index >= 15 is 0 Å². The molecule has 0 aromatic rings. The van der Waals surface area contributed by atoms with Crippen molar-refractivity contribution in [1.82, 2.24) is 0 Å². The molecule has 0 heterocycles. The van der Waals surface area contributed by atoms with Crippen LogP contribution in [0.3, 0.4) is 0 Å². The van der Waals surface area contributed by atoms with Crippen LogP contribution < -0.4 is 0 Å². The fraction of sp³-hybridized carbons (Fsp3) is 0.722. The van der Waals surface area contributed by atoms with Gasteiger partial charge in [0.25, 0.3) is 0 Å². The summed E-state index contributed by atoms with van der Waals surface area (Å²) in [5.74, 6) is -0.510. The molecular formula is C18H29Cl3O2. The molecule has 23 heavy (non-hydrogen) atoms. The third-order valence-electron chi connectivity index (χ3n) is 3.33. The van der Waals surface area contributed by atoms with Crippen LogP contribution in [0.1, 0.15) is 71.1 Å². The van der Waals surface area contributed by atoms with Crippen molar-refractivity contribution >= 4 is 40.8 Å². The summed E-state index contributed by atoms with van der Waals surface area (Å²) >= 11 is 16.4. The Labute approximate surface area is 156 Å². The highest BCUT2D eigenvalue weighted by Crippen LogP contribution is 2.25. The second-order valence-corrected chi connectivity index (χ2v) is 8.14. The molecule has 0 aromatic carbocycles. The quantitative estimate of drug-likeness (QED) is 0.113. The van der Waals surface area contributed by atoms with Gasteiger partial charge in [0.05, 0.1) is 0 Å². The molecule has 0 aliphatic carbocycles. The minimum absolute atomic E-state index is 0.247. The van der Waals surface area contributed by atoms with Crippen molar-refractivity contribution in [2.45, 2.75) is 74.9 Å². The molecule has 2 nitrogen and oxygen atoms in total. The molecule has 0 fully saturated rings. The van der Waals surface area contributed by atoms with E-state index in [4.69, 9.17) is 39.5 Å². The van der Waals surface area contributed by atoms with Crippen LogP contribution in [0.4, 0.5) is 0 Å². The maximum absolute atomic E-state index is 11.3. The molecule has 0 atom stereocenters. The molecule has 0 saturated carbocycles. The molecule has 0 aliphatic heterocycles. The van der Waals surface area contributed by atoms with Gasteiger partial charge in [-0.2, -0.15) is 0 Å². The van der Waals surface area contributed by atoms with Gasteiger partial charge in [-0.3, -0.25) is 0 Å². The number of carbonyl (C=O) groups is 1. The van der Waals surface area contributed by atoms with Crippen molar-refractivity contribution in [3.63, 3.8) is 0 Å². The summed E-state index contributed by atoms with van der Waals surface area (Å²) in [5.41, 5.74) is 0. The van der Waals surface area contributed by atoms with E-state index in [0.717, 1.165) is 6.42 Å². The summed E-state index contributed by atoms with van der Waals surface area (Å²) in [6.07, 6.45) is 19.9. The lowest BCUT2D eigenvalue weighted by molar-refractivity contribution is -0.137. The summed E-state index contributed by atoms with van der Waals surface area (Å²) in [4.78, 5) is 11.3. The highest BCUT2D eigenvalue weighted by molar-refractivity contribution is 6.67. The smallest absolute Gasteiger partial charge is 0.330 e. The number of unbranched alkanes of at least 4 members (excludes halogenated alkanes) is 9. The van der Waals surface area contributed by atoms with Gasteiger partial charge in [0, 0.05) is 6.08 Å². The van der Waals surface area contributed by atoms with Gasteiger partial charge in [-0.25, -0.2) is 4.79 Å². The predicted molar refractivity (Wildman–Crippen MR) is 101 cm³/mol. The van der Waals surface area contributed by atoms with Crippen molar-refractivity contribution in [3.05, 3.63) is 24.3 Å². The first-order valence-electron chi connectivity index (χ1n) is 8.52. The number of halogens is 3. The van der Waals surface area contributed by atoms with E-state index in [1.165, 1.54) is 63.9 Å². The molecule has 0 saturated heterocycles. The first-order valence-corrected chi connectivity index (χ1v) is 9.66. The Kier molecular flexibility index (Phi) is 15.2. The Balaban J connectivity index is 3.43. The van der Waals surface area contributed by atoms with Crippen LogP contribution in [0, 0.1) is 0 Å². The van der Waals surface area contributed by atoms with Gasteiger partial charge < -0.3 is 4.74 Å². The highest BCUT2D eigenvalue weighted by Gasteiger charge is 2.21. The normalized spacial score (nSPS) is 12.3. The topological polar surface area (TPSA) is 26.3 Å². The second kappa shape index (κ2) is 15.4. The summed E-state index contributed by atoms with van der Waals surface area (Å²) in [5, 5.41) is 0. The SMILES string of the molecule is CCCCCCCCCCC/C=C/C=C/C(=O)OCC(Cl)(Cl)Cl. The molecular weight excluding hydrogens is 355 g/mol. The largest absolute Gasteiger partial charge is 0.458 e. The molecule has 0 N–H and O–H groups in total. The van der Waals surface area contributed by atoms with E-state index < -0.39 is 9.76 Å². The fourth-order valence-corrected chi connectivity index (χ4v) is 2.25. The van der Waals surface area contributed by atoms with Crippen molar-refractivity contribution in [1.29, 1.82) is 0 Å². The lowest BCUT2D eigenvalue weighted by Gasteiger charge is -2.09. The van der Waals surface area contributed by atoms with Crippen LogP contribution in [0.2, 0.25) is 0 Å². The van der Waals surface area contributed by atoms with E-state index in [1.54, 1.807) is 6.08 Å².